The molecule has 0 atom stereocenters. The molecule has 67 valence electrons. The third-order valence-corrected chi connectivity index (χ3v) is 1.56. The summed E-state index contributed by atoms with van der Waals surface area (Å²) in [4.78, 5) is 0. The van der Waals surface area contributed by atoms with Crippen LogP contribution >= 0.6 is 0 Å². The molecule has 0 amide bonds. The predicted molar refractivity (Wildman–Crippen MR) is 46.7 cm³/mol. The molecule has 1 rings (SSSR count). The molecule has 0 fully saturated rings. The Hall–Kier alpha value is -0.830. The maximum Gasteiger partial charge on any atom is 0.0867 e. The van der Waals surface area contributed by atoms with E-state index < -0.39 is 0 Å². The first-order valence-electron chi connectivity index (χ1n) is 4.27. The molecule has 0 aliphatic rings. The summed E-state index contributed by atoms with van der Waals surface area (Å²) < 4.78 is 1.65. The van der Waals surface area contributed by atoms with Crippen LogP contribution in [0.15, 0.2) is 6.07 Å². The average Bonchev–Trinajstić information content (AvgIpc) is 2.36. The van der Waals surface area contributed by atoms with Crippen LogP contribution in [0.4, 0.5) is 0 Å². The summed E-state index contributed by atoms with van der Waals surface area (Å²) in [6.45, 7) is 4.98. The summed E-state index contributed by atoms with van der Waals surface area (Å²) in [5.74, 6) is 0.621. The van der Waals surface area contributed by atoms with Crippen LogP contribution in [0.25, 0.3) is 0 Å². The van der Waals surface area contributed by atoms with Gasteiger partial charge < -0.3 is 5.11 Å². The number of rotatable bonds is 4. The maximum absolute atomic E-state index is 8.63. The molecule has 3 nitrogen and oxygen atoms in total. The molecule has 0 bridgehead atoms. The van der Waals surface area contributed by atoms with E-state index >= 15 is 0 Å². The van der Waals surface area contributed by atoms with Crippen molar-refractivity contribution in [3.05, 3.63) is 18.0 Å². The van der Waals surface area contributed by atoms with E-state index in [1.165, 1.54) is 0 Å². The molecule has 3 heteroatoms. The maximum atomic E-state index is 8.63. The molecular weight excluding hydrogens is 152 g/mol. The normalized spacial score (nSPS) is 11.0. The summed E-state index contributed by atoms with van der Waals surface area (Å²) >= 11 is 0. The summed E-state index contributed by atoms with van der Waals surface area (Å²) in [7, 11) is 0. The van der Waals surface area contributed by atoms with Crippen LogP contribution in [0.3, 0.4) is 0 Å². The Labute approximate surface area is 73.0 Å². The topological polar surface area (TPSA) is 38.0 Å². The van der Waals surface area contributed by atoms with Crippen LogP contribution in [0.5, 0.6) is 0 Å². The highest BCUT2D eigenvalue weighted by molar-refractivity contribution is 4.98. The SMILES string of the molecule is CC(C)Cc1c[c]n(CCO)n1. The lowest BCUT2D eigenvalue weighted by molar-refractivity contribution is 0.268. The first-order valence-corrected chi connectivity index (χ1v) is 4.27. The van der Waals surface area contributed by atoms with Gasteiger partial charge >= 0.3 is 0 Å². The fourth-order valence-electron chi connectivity index (χ4n) is 1.09. The first kappa shape index (κ1) is 9.26. The van der Waals surface area contributed by atoms with E-state index in [2.05, 4.69) is 25.1 Å². The second kappa shape index (κ2) is 4.26. The van der Waals surface area contributed by atoms with Gasteiger partial charge in [0.05, 0.1) is 25.0 Å². The van der Waals surface area contributed by atoms with Crippen LogP contribution < -0.4 is 0 Å². The zero-order valence-electron chi connectivity index (χ0n) is 7.62. The summed E-state index contributed by atoms with van der Waals surface area (Å²) in [6, 6.07) is 1.88. The first-order chi connectivity index (χ1) is 5.72. The van der Waals surface area contributed by atoms with Gasteiger partial charge in [0.15, 0.2) is 0 Å². The molecule has 0 aliphatic heterocycles. The van der Waals surface area contributed by atoms with Crippen molar-refractivity contribution in [1.29, 1.82) is 0 Å². The third kappa shape index (κ3) is 2.66. The molecule has 1 N–H and O–H groups in total. The summed E-state index contributed by atoms with van der Waals surface area (Å²) in [5.41, 5.74) is 1.05. The van der Waals surface area contributed by atoms with Crippen molar-refractivity contribution in [2.24, 2.45) is 5.92 Å². The Morgan fingerprint density at radius 1 is 1.67 bits per heavy atom. The number of hydrogen-bond acceptors (Lipinski definition) is 2. The molecule has 12 heavy (non-hydrogen) atoms. The van der Waals surface area contributed by atoms with Crippen molar-refractivity contribution in [1.82, 2.24) is 9.78 Å². The van der Waals surface area contributed by atoms with Crippen molar-refractivity contribution < 1.29 is 5.11 Å². The lowest BCUT2D eigenvalue weighted by Crippen LogP contribution is -2.04. The number of aromatic nitrogens is 2. The summed E-state index contributed by atoms with van der Waals surface area (Å²) in [5, 5.41) is 12.9. The Balaban J connectivity index is 2.52. The van der Waals surface area contributed by atoms with E-state index in [1.54, 1.807) is 4.68 Å². The minimum absolute atomic E-state index is 0.124. The van der Waals surface area contributed by atoms with Gasteiger partial charge in [-0.2, -0.15) is 5.10 Å². The van der Waals surface area contributed by atoms with Crippen molar-refractivity contribution in [2.45, 2.75) is 26.8 Å². The molecule has 1 aromatic rings. The van der Waals surface area contributed by atoms with Gasteiger partial charge in [0.25, 0.3) is 0 Å². The Bertz CT molecular complexity index is 230. The van der Waals surface area contributed by atoms with E-state index in [9.17, 15) is 0 Å². The van der Waals surface area contributed by atoms with E-state index in [4.69, 9.17) is 5.11 Å². The van der Waals surface area contributed by atoms with E-state index in [-0.39, 0.29) is 6.61 Å². The highest BCUT2D eigenvalue weighted by Crippen LogP contribution is 2.04. The van der Waals surface area contributed by atoms with Crippen LogP contribution in [0, 0.1) is 12.1 Å². The number of hydrogen-bond donors (Lipinski definition) is 1. The van der Waals surface area contributed by atoms with Crippen molar-refractivity contribution in [3.8, 4) is 0 Å². The molecule has 0 saturated heterocycles. The van der Waals surface area contributed by atoms with Gasteiger partial charge in [0, 0.05) is 0 Å². The average molecular weight is 167 g/mol. The minimum Gasteiger partial charge on any atom is -0.394 e. The Morgan fingerprint density at radius 3 is 3.00 bits per heavy atom. The molecule has 0 aliphatic carbocycles. The van der Waals surface area contributed by atoms with E-state index in [0.29, 0.717) is 12.5 Å². The van der Waals surface area contributed by atoms with Crippen LogP contribution in [0.1, 0.15) is 19.5 Å². The monoisotopic (exact) mass is 167 g/mol. The molecular formula is C9H15N2O. The number of aliphatic hydroxyl groups is 1. The van der Waals surface area contributed by atoms with Crippen LogP contribution in [-0.2, 0) is 13.0 Å². The fraction of sp³-hybridized carbons (Fsp3) is 0.667. The second-order valence-electron chi connectivity index (χ2n) is 3.31. The van der Waals surface area contributed by atoms with Crippen LogP contribution in [-0.4, -0.2) is 21.5 Å². The zero-order chi connectivity index (χ0) is 8.97. The third-order valence-electron chi connectivity index (χ3n) is 1.56. The predicted octanol–water partition coefficient (Wildman–Crippen LogP) is 0.874. The molecule has 1 heterocycles. The molecule has 0 aromatic carbocycles. The van der Waals surface area contributed by atoms with E-state index in [0.717, 1.165) is 12.1 Å². The molecule has 1 aromatic heterocycles. The standard InChI is InChI=1S/C9H15N2O/c1-8(2)7-9-3-4-11(10-9)5-6-12/h3,8,12H,5-7H2,1-2H3. The van der Waals surface area contributed by atoms with Crippen molar-refractivity contribution in [3.63, 3.8) is 0 Å². The molecule has 1 radical (unpaired) electrons. The lowest BCUT2D eigenvalue weighted by atomic mass is 10.1. The number of aliphatic hydroxyl groups excluding tert-OH is 1. The van der Waals surface area contributed by atoms with Gasteiger partial charge in [-0.05, 0) is 18.4 Å². The number of nitrogens with zero attached hydrogens (tertiary/aromatic N) is 2. The minimum atomic E-state index is 0.124. The Morgan fingerprint density at radius 2 is 2.42 bits per heavy atom. The molecule has 0 spiro atoms. The van der Waals surface area contributed by atoms with E-state index in [1.807, 2.05) is 6.07 Å². The van der Waals surface area contributed by atoms with Gasteiger partial charge in [-0.1, -0.05) is 13.8 Å². The largest absolute Gasteiger partial charge is 0.394 e. The van der Waals surface area contributed by atoms with Gasteiger partial charge in [0.2, 0.25) is 0 Å². The van der Waals surface area contributed by atoms with Gasteiger partial charge in [0.1, 0.15) is 0 Å². The smallest absolute Gasteiger partial charge is 0.0867 e. The lowest BCUT2D eigenvalue weighted by Gasteiger charge is -1.99. The summed E-state index contributed by atoms with van der Waals surface area (Å²) in [6.07, 6.45) is 3.94. The quantitative estimate of drug-likeness (QED) is 0.722. The van der Waals surface area contributed by atoms with Crippen molar-refractivity contribution >= 4 is 0 Å². The highest BCUT2D eigenvalue weighted by Gasteiger charge is 2.01. The fourth-order valence-corrected chi connectivity index (χ4v) is 1.09. The zero-order valence-corrected chi connectivity index (χ0v) is 7.62. The van der Waals surface area contributed by atoms with Gasteiger partial charge in [-0.15, -0.1) is 0 Å². The van der Waals surface area contributed by atoms with Gasteiger partial charge in [-0.25, -0.2) is 0 Å². The Kier molecular flexibility index (Phi) is 3.29. The highest BCUT2D eigenvalue weighted by atomic mass is 16.3. The molecule has 0 unspecified atom stereocenters. The van der Waals surface area contributed by atoms with Crippen molar-refractivity contribution in [2.75, 3.05) is 6.61 Å². The second-order valence-corrected chi connectivity index (χ2v) is 3.31. The van der Waals surface area contributed by atoms with Crippen LogP contribution in [0.2, 0.25) is 0 Å². The molecule has 0 saturated carbocycles. The van der Waals surface area contributed by atoms with Gasteiger partial charge in [-0.3, -0.25) is 4.68 Å².